The highest BCUT2D eigenvalue weighted by Gasteiger charge is 2.35. The summed E-state index contributed by atoms with van der Waals surface area (Å²) in [5.74, 6) is -0.714. The maximum Gasteiger partial charge on any atom is 0.415 e. The summed E-state index contributed by atoms with van der Waals surface area (Å²) in [7, 11) is 1.88. The molecular formula is C26H25ClN6O4. The van der Waals surface area contributed by atoms with Crippen LogP contribution in [-0.2, 0) is 18.2 Å². The molecule has 1 aliphatic rings. The molecule has 0 unspecified atom stereocenters. The molecule has 37 heavy (non-hydrogen) atoms. The van der Waals surface area contributed by atoms with Crippen molar-refractivity contribution in [1.82, 2.24) is 19.7 Å². The quantitative estimate of drug-likeness (QED) is 0.334. The summed E-state index contributed by atoms with van der Waals surface area (Å²) in [6.45, 7) is 4.02. The zero-order valence-corrected chi connectivity index (χ0v) is 21.2. The van der Waals surface area contributed by atoms with Gasteiger partial charge in [0.1, 0.15) is 17.6 Å². The van der Waals surface area contributed by atoms with Gasteiger partial charge in [-0.05, 0) is 67.8 Å². The summed E-state index contributed by atoms with van der Waals surface area (Å²) < 4.78 is 7.19. The Morgan fingerprint density at radius 1 is 1.24 bits per heavy atom. The van der Waals surface area contributed by atoms with Crippen molar-refractivity contribution < 1.29 is 19.4 Å². The van der Waals surface area contributed by atoms with Crippen molar-refractivity contribution >= 4 is 46.1 Å². The molecule has 1 fully saturated rings. The van der Waals surface area contributed by atoms with E-state index in [-0.39, 0.29) is 29.5 Å². The van der Waals surface area contributed by atoms with Gasteiger partial charge in [0.05, 0.1) is 29.0 Å². The predicted molar refractivity (Wildman–Crippen MR) is 139 cm³/mol. The molecule has 4 heterocycles. The topological polar surface area (TPSA) is 122 Å². The molecule has 2 N–H and O–H groups in total. The van der Waals surface area contributed by atoms with Gasteiger partial charge in [-0.15, -0.1) is 0 Å². The summed E-state index contributed by atoms with van der Waals surface area (Å²) in [4.78, 5) is 34.7. The van der Waals surface area contributed by atoms with E-state index in [0.717, 1.165) is 22.0 Å². The van der Waals surface area contributed by atoms with Gasteiger partial charge < -0.3 is 15.2 Å². The highest BCUT2D eigenvalue weighted by molar-refractivity contribution is 6.29. The van der Waals surface area contributed by atoms with Crippen LogP contribution in [-0.4, -0.2) is 49.6 Å². The molecular weight excluding hydrogens is 496 g/mol. The third-order valence-electron chi connectivity index (χ3n) is 6.22. The largest absolute Gasteiger partial charge is 0.476 e. The number of cyclic esters (lactones) is 1. The maximum atomic E-state index is 12.8. The molecule has 1 amide bonds. The normalized spacial score (nSPS) is 16.2. The predicted octanol–water partition coefficient (Wildman–Crippen LogP) is 4.76. The van der Waals surface area contributed by atoms with E-state index in [2.05, 4.69) is 21.5 Å². The summed E-state index contributed by atoms with van der Waals surface area (Å²) >= 11 is 5.88. The summed E-state index contributed by atoms with van der Waals surface area (Å²) in [5, 5.41) is 18.2. The number of nitrogens with one attached hydrogen (secondary N) is 1. The van der Waals surface area contributed by atoms with E-state index in [9.17, 15) is 14.7 Å². The number of aromatic carboxylic acids is 1. The Balaban J connectivity index is 1.41. The second-order valence-electron chi connectivity index (χ2n) is 9.13. The lowest BCUT2D eigenvalue weighted by Crippen LogP contribution is -2.36. The molecule has 0 radical (unpaired) electrons. The number of aromatic nitrogens is 4. The van der Waals surface area contributed by atoms with Gasteiger partial charge in [-0.2, -0.15) is 5.10 Å². The number of carboxylic acids is 1. The lowest BCUT2D eigenvalue weighted by Gasteiger charge is -2.23. The number of fused-ring (bicyclic) bond motifs is 1. The third kappa shape index (κ3) is 5.05. The summed E-state index contributed by atoms with van der Waals surface area (Å²) in [6.07, 6.45) is 2.10. The Morgan fingerprint density at radius 2 is 2.05 bits per heavy atom. The SMILES string of the molecule is Cc1cc([C@@H](C)Nc2ccc(Cl)nc2C(=O)O)nc(N2C(=O)OC[C@@H]2Cc2ccc3nn(C)cc3c2)c1. The van der Waals surface area contributed by atoms with Crippen LogP contribution in [0.2, 0.25) is 5.15 Å². The molecule has 11 heteroatoms. The third-order valence-corrected chi connectivity index (χ3v) is 6.43. The van der Waals surface area contributed by atoms with Crippen LogP contribution in [0.4, 0.5) is 16.3 Å². The van der Waals surface area contributed by atoms with Gasteiger partial charge in [-0.3, -0.25) is 9.58 Å². The van der Waals surface area contributed by atoms with Crippen LogP contribution in [0.5, 0.6) is 0 Å². The monoisotopic (exact) mass is 520 g/mol. The fraction of sp³-hybridized carbons (Fsp3) is 0.269. The van der Waals surface area contributed by atoms with Gasteiger partial charge in [0.2, 0.25) is 0 Å². The van der Waals surface area contributed by atoms with Crippen LogP contribution in [0.1, 0.15) is 40.3 Å². The summed E-state index contributed by atoms with van der Waals surface area (Å²) in [6, 6.07) is 12.3. The number of benzene rings is 1. The standard InChI is InChI=1S/C26H25ClN6O4/c1-14-8-21(15(2)28-20-6-7-22(27)30-24(20)25(34)35)29-23(9-14)33-18(13-37-26(33)36)11-16-4-5-19-17(10-16)12-32(3)31-19/h4-10,12,15,18,28H,11,13H2,1-3H3,(H,34,35)/t15-,18+/m1/s1. The van der Waals surface area contributed by atoms with Crippen molar-refractivity contribution in [1.29, 1.82) is 0 Å². The van der Waals surface area contributed by atoms with Gasteiger partial charge in [-0.25, -0.2) is 19.6 Å². The van der Waals surface area contributed by atoms with Crippen LogP contribution in [0, 0.1) is 6.92 Å². The number of rotatable bonds is 7. The van der Waals surface area contributed by atoms with Gasteiger partial charge in [0.15, 0.2) is 5.69 Å². The molecule has 0 aliphatic carbocycles. The molecule has 4 aromatic rings. The first-order chi connectivity index (χ1) is 17.7. The van der Waals surface area contributed by atoms with E-state index >= 15 is 0 Å². The van der Waals surface area contributed by atoms with Crippen molar-refractivity contribution in [3.63, 3.8) is 0 Å². The maximum absolute atomic E-state index is 12.8. The van der Waals surface area contributed by atoms with Crippen molar-refractivity contribution in [3.05, 3.63) is 76.3 Å². The van der Waals surface area contributed by atoms with E-state index in [0.29, 0.717) is 23.6 Å². The minimum Gasteiger partial charge on any atom is -0.476 e. The number of halogens is 1. The first-order valence-corrected chi connectivity index (χ1v) is 12.1. The highest BCUT2D eigenvalue weighted by Crippen LogP contribution is 2.29. The lowest BCUT2D eigenvalue weighted by atomic mass is 10.0. The van der Waals surface area contributed by atoms with Gasteiger partial charge in [0.25, 0.3) is 0 Å². The molecule has 10 nitrogen and oxygen atoms in total. The van der Waals surface area contributed by atoms with E-state index < -0.39 is 12.1 Å². The number of carboxylic acid groups (broad SMARTS) is 1. The van der Waals surface area contributed by atoms with Crippen molar-refractivity contribution in [3.8, 4) is 0 Å². The average molecular weight is 521 g/mol. The fourth-order valence-corrected chi connectivity index (χ4v) is 4.68. The van der Waals surface area contributed by atoms with E-state index in [4.69, 9.17) is 21.3 Å². The van der Waals surface area contributed by atoms with Gasteiger partial charge in [0, 0.05) is 18.6 Å². The second kappa shape index (κ2) is 9.70. The second-order valence-corrected chi connectivity index (χ2v) is 9.52. The zero-order chi connectivity index (χ0) is 26.3. The Bertz CT molecular complexity index is 1520. The van der Waals surface area contributed by atoms with Gasteiger partial charge in [-0.1, -0.05) is 17.7 Å². The fourth-order valence-electron chi connectivity index (χ4n) is 4.53. The average Bonchev–Trinajstić information content (AvgIpc) is 3.40. The molecule has 1 saturated heterocycles. The molecule has 0 saturated carbocycles. The number of carbonyl (C=O) groups is 2. The van der Waals surface area contributed by atoms with Crippen molar-refractivity contribution in [2.75, 3.05) is 16.8 Å². The van der Waals surface area contributed by atoms with E-state index in [1.54, 1.807) is 15.6 Å². The van der Waals surface area contributed by atoms with E-state index in [1.807, 2.05) is 51.4 Å². The number of hydrogen-bond donors (Lipinski definition) is 2. The van der Waals surface area contributed by atoms with Crippen LogP contribution < -0.4 is 10.2 Å². The molecule has 1 aliphatic heterocycles. The number of amides is 1. The molecule has 0 spiro atoms. The number of pyridine rings is 2. The van der Waals surface area contributed by atoms with Crippen molar-refractivity contribution in [2.45, 2.75) is 32.4 Å². The number of hydrogen-bond acceptors (Lipinski definition) is 7. The first kappa shape index (κ1) is 24.5. The Morgan fingerprint density at radius 3 is 2.84 bits per heavy atom. The molecule has 190 valence electrons. The smallest absolute Gasteiger partial charge is 0.415 e. The minimum absolute atomic E-state index is 0.0906. The minimum atomic E-state index is -1.19. The molecule has 1 aromatic carbocycles. The lowest BCUT2D eigenvalue weighted by molar-refractivity contribution is 0.0691. The highest BCUT2D eigenvalue weighted by atomic mass is 35.5. The van der Waals surface area contributed by atoms with Crippen LogP contribution in [0.3, 0.4) is 0 Å². The molecule has 2 atom stereocenters. The number of ether oxygens (including phenoxy) is 1. The van der Waals surface area contributed by atoms with Crippen LogP contribution in [0.15, 0.2) is 48.7 Å². The number of nitrogens with zero attached hydrogens (tertiary/aromatic N) is 5. The summed E-state index contributed by atoms with van der Waals surface area (Å²) in [5.41, 5.74) is 3.65. The van der Waals surface area contributed by atoms with Crippen molar-refractivity contribution in [2.24, 2.45) is 7.05 Å². The molecule has 5 rings (SSSR count). The number of aryl methyl sites for hydroxylation is 2. The molecule has 0 bridgehead atoms. The zero-order valence-electron chi connectivity index (χ0n) is 20.5. The Labute approximate surface area is 217 Å². The molecule has 3 aromatic heterocycles. The van der Waals surface area contributed by atoms with E-state index in [1.165, 1.54) is 6.07 Å². The first-order valence-electron chi connectivity index (χ1n) is 11.7. The Hall–Kier alpha value is -4.18. The number of anilines is 2. The number of carbonyl (C=O) groups excluding carboxylic acids is 1. The van der Waals surface area contributed by atoms with Crippen LogP contribution >= 0.6 is 11.6 Å². The van der Waals surface area contributed by atoms with Crippen LogP contribution in [0.25, 0.3) is 10.9 Å². The Kier molecular flexibility index (Phi) is 6.43. The van der Waals surface area contributed by atoms with Gasteiger partial charge >= 0.3 is 12.1 Å².